The third kappa shape index (κ3) is 2.11. The van der Waals surface area contributed by atoms with Crippen molar-refractivity contribution in [3.05, 3.63) is 29.3 Å². The molecule has 1 aromatic carbocycles. The molecule has 0 saturated heterocycles. The van der Waals surface area contributed by atoms with E-state index in [1.54, 1.807) is 6.08 Å². The minimum atomic E-state index is -0.369. The van der Waals surface area contributed by atoms with Crippen LogP contribution in [0.1, 0.15) is 18.1 Å². The number of methoxy groups -OCH3 is 1. The number of esters is 1. The molecule has 0 aliphatic heterocycles. The summed E-state index contributed by atoms with van der Waals surface area (Å²) in [5.74, 6) is -0.369. The lowest BCUT2D eigenvalue weighted by Crippen LogP contribution is -1.96. The first-order valence-electron chi connectivity index (χ1n) is 5.76. The van der Waals surface area contributed by atoms with Gasteiger partial charge in [-0.1, -0.05) is 11.3 Å². The molecule has 0 saturated carbocycles. The lowest BCUT2D eigenvalue weighted by molar-refractivity contribution is -0.134. The van der Waals surface area contributed by atoms with Gasteiger partial charge in [-0.25, -0.2) is 9.48 Å². The maximum atomic E-state index is 11.1. The predicted octanol–water partition coefficient (Wildman–Crippen LogP) is 1.95. The van der Waals surface area contributed by atoms with E-state index in [0.29, 0.717) is 0 Å². The Morgan fingerprint density at radius 2 is 2.28 bits per heavy atom. The second kappa shape index (κ2) is 5.00. The summed E-state index contributed by atoms with van der Waals surface area (Å²) in [6, 6.07) is 3.91. The molecule has 18 heavy (non-hydrogen) atoms. The third-order valence-corrected chi connectivity index (χ3v) is 2.88. The number of hydrogen-bond acceptors (Lipinski definition) is 4. The van der Waals surface area contributed by atoms with Gasteiger partial charge in [0.2, 0.25) is 0 Å². The maximum absolute atomic E-state index is 11.1. The number of rotatable bonds is 3. The molecule has 0 aliphatic rings. The number of hydrogen-bond donors (Lipinski definition) is 0. The number of carbonyl (C=O) groups is 1. The Hall–Kier alpha value is -2.17. The van der Waals surface area contributed by atoms with Crippen LogP contribution < -0.4 is 0 Å². The number of nitrogens with zero attached hydrogens (tertiary/aromatic N) is 3. The molecule has 5 nitrogen and oxygen atoms in total. The highest BCUT2D eigenvalue weighted by molar-refractivity contribution is 5.89. The fourth-order valence-electron chi connectivity index (χ4n) is 1.82. The monoisotopic (exact) mass is 245 g/mol. The van der Waals surface area contributed by atoms with Crippen LogP contribution in [0, 0.1) is 6.92 Å². The second-order valence-corrected chi connectivity index (χ2v) is 3.91. The highest BCUT2D eigenvalue weighted by Gasteiger charge is 2.08. The van der Waals surface area contributed by atoms with Crippen molar-refractivity contribution in [2.45, 2.75) is 20.4 Å². The topological polar surface area (TPSA) is 57.0 Å². The van der Waals surface area contributed by atoms with Crippen molar-refractivity contribution in [2.24, 2.45) is 0 Å². The van der Waals surface area contributed by atoms with Crippen LogP contribution in [0.2, 0.25) is 0 Å². The van der Waals surface area contributed by atoms with Crippen LogP contribution in [0.4, 0.5) is 0 Å². The Bertz CT molecular complexity index is 614. The average Bonchev–Trinajstić information content (AvgIpc) is 2.81. The highest BCUT2D eigenvalue weighted by atomic mass is 16.5. The average molecular weight is 245 g/mol. The Morgan fingerprint density at radius 1 is 1.50 bits per heavy atom. The summed E-state index contributed by atoms with van der Waals surface area (Å²) in [7, 11) is 1.36. The van der Waals surface area contributed by atoms with E-state index in [-0.39, 0.29) is 5.97 Å². The van der Waals surface area contributed by atoms with E-state index in [1.807, 2.05) is 30.7 Å². The van der Waals surface area contributed by atoms with Gasteiger partial charge >= 0.3 is 5.97 Å². The quantitative estimate of drug-likeness (QED) is 0.612. The maximum Gasteiger partial charge on any atom is 0.330 e. The largest absolute Gasteiger partial charge is 0.466 e. The zero-order valence-electron chi connectivity index (χ0n) is 10.7. The van der Waals surface area contributed by atoms with Crippen molar-refractivity contribution in [1.82, 2.24) is 15.0 Å². The van der Waals surface area contributed by atoms with Gasteiger partial charge in [-0.15, -0.1) is 5.10 Å². The molecule has 2 aromatic rings. The molecule has 2 rings (SSSR count). The van der Waals surface area contributed by atoms with E-state index in [9.17, 15) is 4.79 Å². The molecular weight excluding hydrogens is 230 g/mol. The molecule has 0 N–H and O–H groups in total. The lowest BCUT2D eigenvalue weighted by Gasteiger charge is -2.02. The fourth-order valence-corrected chi connectivity index (χ4v) is 1.82. The van der Waals surface area contributed by atoms with Gasteiger partial charge in [0.05, 0.1) is 12.6 Å². The SMILES string of the molecule is CCn1nnc2c(C)c(/C=C/C(=O)OC)ccc21. The van der Waals surface area contributed by atoms with E-state index in [1.165, 1.54) is 13.2 Å². The van der Waals surface area contributed by atoms with Crippen LogP contribution in [0.5, 0.6) is 0 Å². The van der Waals surface area contributed by atoms with Gasteiger partial charge in [-0.05, 0) is 37.1 Å². The van der Waals surface area contributed by atoms with Gasteiger partial charge in [0.25, 0.3) is 0 Å². The van der Waals surface area contributed by atoms with Crippen molar-refractivity contribution in [3.63, 3.8) is 0 Å². The zero-order valence-corrected chi connectivity index (χ0v) is 10.7. The van der Waals surface area contributed by atoms with E-state index < -0.39 is 0 Å². The van der Waals surface area contributed by atoms with Gasteiger partial charge in [0.1, 0.15) is 5.52 Å². The third-order valence-electron chi connectivity index (χ3n) is 2.88. The first-order valence-corrected chi connectivity index (χ1v) is 5.76. The van der Waals surface area contributed by atoms with Gasteiger partial charge in [0, 0.05) is 12.6 Å². The molecule has 0 aliphatic carbocycles. The van der Waals surface area contributed by atoms with E-state index in [0.717, 1.165) is 28.7 Å². The molecule has 0 unspecified atom stereocenters. The van der Waals surface area contributed by atoms with Crippen molar-refractivity contribution < 1.29 is 9.53 Å². The number of ether oxygens (including phenoxy) is 1. The summed E-state index contributed by atoms with van der Waals surface area (Å²) in [4.78, 5) is 11.1. The molecule has 0 fully saturated rings. The number of fused-ring (bicyclic) bond motifs is 1. The van der Waals surface area contributed by atoms with Gasteiger partial charge in [-0.2, -0.15) is 0 Å². The molecular formula is C13H15N3O2. The Kier molecular flexibility index (Phi) is 3.41. The van der Waals surface area contributed by atoms with Gasteiger partial charge in [0.15, 0.2) is 0 Å². The molecule has 5 heteroatoms. The van der Waals surface area contributed by atoms with E-state index in [4.69, 9.17) is 0 Å². The highest BCUT2D eigenvalue weighted by Crippen LogP contribution is 2.20. The smallest absolute Gasteiger partial charge is 0.330 e. The number of aromatic nitrogens is 3. The Balaban J connectivity index is 2.45. The normalized spacial score (nSPS) is 11.3. The van der Waals surface area contributed by atoms with E-state index >= 15 is 0 Å². The molecule has 1 heterocycles. The zero-order chi connectivity index (χ0) is 13.1. The molecule has 1 aromatic heterocycles. The number of carbonyl (C=O) groups excluding carboxylic acids is 1. The van der Waals surface area contributed by atoms with Crippen molar-refractivity contribution >= 4 is 23.1 Å². The summed E-state index contributed by atoms with van der Waals surface area (Å²) in [5, 5.41) is 8.24. The van der Waals surface area contributed by atoms with Crippen molar-refractivity contribution in [3.8, 4) is 0 Å². The minimum absolute atomic E-state index is 0.369. The minimum Gasteiger partial charge on any atom is -0.466 e. The molecule has 94 valence electrons. The number of aryl methyl sites for hydroxylation is 2. The fraction of sp³-hybridized carbons (Fsp3) is 0.308. The number of benzene rings is 1. The molecule has 0 spiro atoms. The predicted molar refractivity (Wildman–Crippen MR) is 69.0 cm³/mol. The van der Waals surface area contributed by atoms with Crippen LogP contribution in [0.3, 0.4) is 0 Å². The standard InChI is InChI=1S/C13H15N3O2/c1-4-16-11-7-5-10(6-8-12(17)18-3)9(2)13(11)14-15-16/h5-8H,4H2,1-3H3/b8-6+. The molecule has 0 amide bonds. The summed E-state index contributed by atoms with van der Waals surface area (Å²) in [6.45, 7) is 4.77. The van der Waals surface area contributed by atoms with E-state index in [2.05, 4.69) is 15.0 Å². The Morgan fingerprint density at radius 3 is 2.94 bits per heavy atom. The van der Waals surface area contributed by atoms with Crippen LogP contribution in [-0.4, -0.2) is 28.1 Å². The van der Waals surface area contributed by atoms with Crippen molar-refractivity contribution in [1.29, 1.82) is 0 Å². The second-order valence-electron chi connectivity index (χ2n) is 3.91. The Labute approximate surface area is 105 Å². The van der Waals surface area contributed by atoms with Gasteiger partial charge < -0.3 is 4.74 Å². The lowest BCUT2D eigenvalue weighted by atomic mass is 10.1. The molecule has 0 radical (unpaired) electrons. The van der Waals surface area contributed by atoms with Gasteiger partial charge in [-0.3, -0.25) is 0 Å². The van der Waals surface area contributed by atoms with Crippen LogP contribution in [0.15, 0.2) is 18.2 Å². The summed E-state index contributed by atoms with van der Waals surface area (Å²) in [6.07, 6.45) is 3.13. The molecule has 0 atom stereocenters. The summed E-state index contributed by atoms with van der Waals surface area (Å²) < 4.78 is 6.41. The van der Waals surface area contributed by atoms with Crippen LogP contribution in [0.25, 0.3) is 17.1 Å². The first-order chi connectivity index (χ1) is 8.67. The van der Waals surface area contributed by atoms with Crippen LogP contribution in [-0.2, 0) is 16.1 Å². The van der Waals surface area contributed by atoms with Crippen LogP contribution >= 0.6 is 0 Å². The molecule has 0 bridgehead atoms. The summed E-state index contributed by atoms with van der Waals surface area (Å²) in [5.41, 5.74) is 3.82. The summed E-state index contributed by atoms with van der Waals surface area (Å²) >= 11 is 0. The first kappa shape index (κ1) is 12.3. The van der Waals surface area contributed by atoms with Crippen molar-refractivity contribution in [2.75, 3.05) is 7.11 Å².